The molecule has 0 unspecified atom stereocenters. The number of thiol groups is 1. The number of rotatable bonds is 6. The van der Waals surface area contributed by atoms with Crippen LogP contribution in [0.1, 0.15) is 24.2 Å². The number of nitrogens with one attached hydrogen (secondary N) is 3. The lowest BCUT2D eigenvalue weighted by atomic mass is 10.2. The first kappa shape index (κ1) is 16.6. The highest BCUT2D eigenvalue weighted by atomic mass is 32.1. The van der Waals surface area contributed by atoms with E-state index in [4.69, 9.17) is 0 Å². The van der Waals surface area contributed by atoms with Crippen LogP contribution in [0.3, 0.4) is 0 Å². The van der Waals surface area contributed by atoms with Crippen LogP contribution in [-0.4, -0.2) is 22.1 Å². The van der Waals surface area contributed by atoms with E-state index in [1.807, 2.05) is 0 Å². The number of aromatic nitrogens is 2. The topological polar surface area (TPSA) is 69.8 Å². The lowest BCUT2D eigenvalue weighted by Crippen LogP contribution is -2.24. The average Bonchev–Trinajstić information content (AvgIpc) is 2.84. The minimum absolute atomic E-state index is 0.172. The third-order valence-corrected chi connectivity index (χ3v) is 3.13. The smallest absolute Gasteiger partial charge is 0.352 e. The number of halogens is 3. The van der Waals surface area contributed by atoms with E-state index in [1.54, 1.807) is 18.2 Å². The number of imidazole rings is 1. The third-order valence-electron chi connectivity index (χ3n) is 2.97. The van der Waals surface area contributed by atoms with Gasteiger partial charge in [-0.05, 0) is 17.7 Å². The molecule has 120 valence electrons. The molecule has 0 aliphatic carbocycles. The van der Waals surface area contributed by atoms with E-state index < -0.39 is 24.9 Å². The van der Waals surface area contributed by atoms with Crippen LogP contribution in [0.5, 0.6) is 0 Å². The molecule has 0 fully saturated rings. The Bertz CT molecular complexity index is 656. The van der Waals surface area contributed by atoms with Crippen LogP contribution in [0.25, 0.3) is 11.0 Å². The van der Waals surface area contributed by atoms with Gasteiger partial charge in [-0.1, -0.05) is 18.9 Å². The van der Waals surface area contributed by atoms with E-state index in [-0.39, 0.29) is 6.54 Å². The van der Waals surface area contributed by atoms with Crippen molar-refractivity contribution in [2.75, 3.05) is 0 Å². The van der Waals surface area contributed by atoms with Crippen LogP contribution in [0.4, 0.5) is 13.2 Å². The SMILES string of the molecule is O=C(CCC(F)(F)F)NCc1ccc2nc(CNS)[nH]c2c1. The molecule has 0 spiro atoms. The Labute approximate surface area is 130 Å². The van der Waals surface area contributed by atoms with E-state index in [0.717, 1.165) is 22.4 Å². The monoisotopic (exact) mass is 332 g/mol. The summed E-state index contributed by atoms with van der Waals surface area (Å²) in [4.78, 5) is 18.8. The number of nitrogens with zero attached hydrogens (tertiary/aromatic N) is 1. The fourth-order valence-electron chi connectivity index (χ4n) is 1.92. The summed E-state index contributed by atoms with van der Waals surface area (Å²) in [7, 11) is 0. The van der Waals surface area contributed by atoms with Gasteiger partial charge in [-0.25, -0.2) is 4.98 Å². The Kier molecular flexibility index (Phi) is 5.30. The Morgan fingerprint density at radius 3 is 2.77 bits per heavy atom. The number of aromatic amines is 1. The van der Waals surface area contributed by atoms with Gasteiger partial charge in [-0.3, -0.25) is 9.52 Å². The predicted molar refractivity (Wildman–Crippen MR) is 79.1 cm³/mol. The maximum absolute atomic E-state index is 12.0. The third kappa shape index (κ3) is 4.92. The van der Waals surface area contributed by atoms with Crippen LogP contribution >= 0.6 is 12.8 Å². The molecule has 2 rings (SSSR count). The molecular formula is C13H15F3N4OS. The number of fused-ring (bicyclic) bond motifs is 1. The second-order valence-electron chi connectivity index (χ2n) is 4.76. The van der Waals surface area contributed by atoms with E-state index >= 15 is 0 Å². The largest absolute Gasteiger partial charge is 0.389 e. The van der Waals surface area contributed by atoms with Crippen LogP contribution in [0.2, 0.25) is 0 Å². The maximum atomic E-state index is 12.0. The number of benzene rings is 1. The second kappa shape index (κ2) is 7.01. The van der Waals surface area contributed by atoms with Crippen molar-refractivity contribution in [3.8, 4) is 0 Å². The van der Waals surface area contributed by atoms with Gasteiger partial charge >= 0.3 is 6.18 Å². The van der Waals surface area contributed by atoms with Gasteiger partial charge in [0.15, 0.2) is 0 Å². The number of amides is 1. The molecule has 2 aromatic rings. The quantitative estimate of drug-likeness (QED) is 0.614. The van der Waals surface area contributed by atoms with Crippen molar-refractivity contribution in [1.29, 1.82) is 0 Å². The highest BCUT2D eigenvalue weighted by Gasteiger charge is 2.27. The van der Waals surface area contributed by atoms with Gasteiger partial charge in [0.25, 0.3) is 0 Å². The van der Waals surface area contributed by atoms with E-state index in [2.05, 4.69) is 32.8 Å². The summed E-state index contributed by atoms with van der Waals surface area (Å²) in [5.74, 6) is 0.0957. The van der Waals surface area contributed by atoms with Gasteiger partial charge in [0.1, 0.15) is 5.82 Å². The highest BCUT2D eigenvalue weighted by molar-refractivity contribution is 7.78. The van der Waals surface area contributed by atoms with Gasteiger partial charge in [0, 0.05) is 13.0 Å². The zero-order valence-corrected chi connectivity index (χ0v) is 12.4. The summed E-state index contributed by atoms with van der Waals surface area (Å²) >= 11 is 3.89. The molecular weight excluding hydrogens is 317 g/mol. The van der Waals surface area contributed by atoms with Crippen molar-refractivity contribution >= 4 is 29.8 Å². The van der Waals surface area contributed by atoms with Crippen LogP contribution < -0.4 is 10.0 Å². The Morgan fingerprint density at radius 2 is 2.09 bits per heavy atom. The van der Waals surface area contributed by atoms with Crippen molar-refractivity contribution in [3.63, 3.8) is 0 Å². The van der Waals surface area contributed by atoms with Crippen molar-refractivity contribution < 1.29 is 18.0 Å². The number of hydrogen-bond donors (Lipinski definition) is 4. The number of H-pyrrole nitrogens is 1. The molecule has 0 radical (unpaired) electrons. The molecule has 1 heterocycles. The fraction of sp³-hybridized carbons (Fsp3) is 0.385. The van der Waals surface area contributed by atoms with E-state index in [0.29, 0.717) is 6.54 Å². The number of carbonyl (C=O) groups is 1. The molecule has 1 aromatic carbocycles. The van der Waals surface area contributed by atoms with E-state index in [9.17, 15) is 18.0 Å². The standard InChI is InChI=1S/C13H15F3N4OS/c14-13(15,16)4-3-12(21)17-6-8-1-2-9-10(5-8)20-11(19-9)7-18-22/h1-2,5,18,22H,3-4,6-7H2,(H,17,21)(H,19,20). The molecule has 3 N–H and O–H groups in total. The summed E-state index contributed by atoms with van der Waals surface area (Å²) in [6.07, 6.45) is -5.99. The van der Waals surface area contributed by atoms with Crippen molar-refractivity contribution in [3.05, 3.63) is 29.6 Å². The van der Waals surface area contributed by atoms with Crippen LogP contribution in [-0.2, 0) is 17.9 Å². The minimum atomic E-state index is -4.32. The van der Waals surface area contributed by atoms with E-state index in [1.165, 1.54) is 0 Å². The predicted octanol–water partition coefficient (Wildman–Crippen LogP) is 2.46. The Morgan fingerprint density at radius 1 is 1.32 bits per heavy atom. The van der Waals surface area contributed by atoms with Crippen molar-refractivity contribution in [2.45, 2.75) is 32.1 Å². The number of carbonyl (C=O) groups excluding carboxylic acids is 1. The molecule has 5 nitrogen and oxygen atoms in total. The van der Waals surface area contributed by atoms with Crippen molar-refractivity contribution in [2.24, 2.45) is 0 Å². The second-order valence-corrected chi connectivity index (χ2v) is 5.08. The molecule has 0 aliphatic heterocycles. The molecule has 0 bridgehead atoms. The molecule has 1 amide bonds. The fourth-order valence-corrected chi connectivity index (χ4v) is 2.07. The van der Waals surface area contributed by atoms with Gasteiger partial charge in [0.05, 0.1) is 24.0 Å². The molecule has 9 heteroatoms. The lowest BCUT2D eigenvalue weighted by molar-refractivity contribution is -0.144. The molecule has 22 heavy (non-hydrogen) atoms. The van der Waals surface area contributed by atoms with Crippen LogP contribution in [0.15, 0.2) is 18.2 Å². The first-order valence-electron chi connectivity index (χ1n) is 6.55. The number of hydrogen-bond acceptors (Lipinski definition) is 4. The summed E-state index contributed by atoms with van der Waals surface area (Å²) in [6, 6.07) is 5.35. The zero-order valence-electron chi connectivity index (χ0n) is 11.5. The summed E-state index contributed by atoms with van der Waals surface area (Å²) < 4.78 is 38.7. The first-order chi connectivity index (χ1) is 10.4. The van der Waals surface area contributed by atoms with Crippen LogP contribution in [0, 0.1) is 0 Å². The average molecular weight is 332 g/mol. The van der Waals surface area contributed by atoms with Crippen molar-refractivity contribution in [1.82, 2.24) is 20.0 Å². The summed E-state index contributed by atoms with van der Waals surface area (Å²) in [6.45, 7) is 0.646. The zero-order chi connectivity index (χ0) is 16.2. The minimum Gasteiger partial charge on any atom is -0.352 e. The summed E-state index contributed by atoms with van der Waals surface area (Å²) in [5, 5.41) is 2.47. The number of alkyl halides is 3. The molecule has 0 atom stereocenters. The van der Waals surface area contributed by atoms with Gasteiger partial charge in [-0.15, -0.1) is 0 Å². The molecule has 0 saturated heterocycles. The molecule has 0 aliphatic rings. The Balaban J connectivity index is 1.92. The highest BCUT2D eigenvalue weighted by Crippen LogP contribution is 2.21. The van der Waals surface area contributed by atoms with Gasteiger partial charge in [-0.2, -0.15) is 13.2 Å². The first-order valence-corrected chi connectivity index (χ1v) is 7.00. The molecule has 1 aromatic heterocycles. The maximum Gasteiger partial charge on any atom is 0.389 e. The normalized spacial score (nSPS) is 11.8. The molecule has 0 saturated carbocycles. The lowest BCUT2D eigenvalue weighted by Gasteiger charge is -2.07. The Hall–Kier alpha value is -1.74. The summed E-state index contributed by atoms with van der Waals surface area (Å²) in [5.41, 5.74) is 2.34. The van der Waals surface area contributed by atoms with Gasteiger partial charge < -0.3 is 10.3 Å². The van der Waals surface area contributed by atoms with Gasteiger partial charge in [0.2, 0.25) is 5.91 Å².